The van der Waals surface area contributed by atoms with E-state index in [1.165, 1.54) is 0 Å². The van der Waals surface area contributed by atoms with Crippen molar-refractivity contribution in [2.75, 3.05) is 5.75 Å². The molecule has 2 aromatic carbocycles. The van der Waals surface area contributed by atoms with Crippen molar-refractivity contribution in [3.63, 3.8) is 0 Å². The molecule has 3 N–H and O–H groups in total. The molecule has 8 nitrogen and oxygen atoms in total. The lowest BCUT2D eigenvalue weighted by atomic mass is 9.99. The lowest BCUT2D eigenvalue weighted by Gasteiger charge is -2.13. The molecule has 1 amide bonds. The fourth-order valence-corrected chi connectivity index (χ4v) is 4.62. The molecule has 0 spiro atoms. The number of benzene rings is 2. The Morgan fingerprint density at radius 1 is 1.19 bits per heavy atom. The number of primary amides is 1. The average molecular weight is 501 g/mol. The number of Topliss-reactive ketones (excluding diaryl/α,β-unsaturated/α-hetero) is 1. The summed E-state index contributed by atoms with van der Waals surface area (Å²) in [6.07, 6.45) is 0.934. The van der Waals surface area contributed by atoms with Gasteiger partial charge in [0, 0.05) is 23.6 Å². The number of carboxylic acids is 1. The first kappa shape index (κ1) is 22.5. The SMILES string of the molecule is N#Cc1ccc(-n2c(Br)cnc2SCC(=O)CC(CC(N)=O)C(=O)O)c2ccccc12. The van der Waals surface area contributed by atoms with Gasteiger partial charge in [0.1, 0.15) is 10.4 Å². The highest BCUT2D eigenvalue weighted by molar-refractivity contribution is 9.10. The van der Waals surface area contributed by atoms with E-state index in [0.29, 0.717) is 15.3 Å². The fourth-order valence-electron chi connectivity index (χ4n) is 3.18. The van der Waals surface area contributed by atoms with Crippen LogP contribution in [-0.4, -0.2) is 38.1 Å². The van der Waals surface area contributed by atoms with E-state index in [4.69, 9.17) is 5.73 Å². The number of aromatic nitrogens is 2. The number of nitrogens with zero attached hydrogens (tertiary/aromatic N) is 3. The van der Waals surface area contributed by atoms with Gasteiger partial charge in [-0.05, 0) is 28.1 Å². The van der Waals surface area contributed by atoms with Crippen LogP contribution in [-0.2, 0) is 14.4 Å². The van der Waals surface area contributed by atoms with Gasteiger partial charge in [0.2, 0.25) is 5.91 Å². The van der Waals surface area contributed by atoms with Crippen molar-refractivity contribution >= 4 is 56.1 Å². The number of imidazole rings is 1. The maximum atomic E-state index is 12.3. The van der Waals surface area contributed by atoms with Gasteiger partial charge in [0.05, 0.1) is 35.2 Å². The molecule has 0 bridgehead atoms. The number of carbonyl (C=O) groups is 3. The van der Waals surface area contributed by atoms with E-state index in [1.807, 2.05) is 34.9 Å². The van der Waals surface area contributed by atoms with Crippen LogP contribution in [0.1, 0.15) is 18.4 Å². The quantitative estimate of drug-likeness (QED) is 0.429. The van der Waals surface area contributed by atoms with Gasteiger partial charge in [0.15, 0.2) is 5.16 Å². The number of thioether (sulfide) groups is 1. The number of nitriles is 1. The third-order valence-electron chi connectivity index (χ3n) is 4.58. The second kappa shape index (κ2) is 9.76. The van der Waals surface area contributed by atoms with Crippen LogP contribution >= 0.6 is 27.7 Å². The molecule has 0 fully saturated rings. The Labute approximate surface area is 190 Å². The maximum Gasteiger partial charge on any atom is 0.307 e. The minimum atomic E-state index is -1.23. The lowest BCUT2D eigenvalue weighted by molar-refractivity contribution is -0.145. The normalized spacial score (nSPS) is 11.7. The Morgan fingerprint density at radius 2 is 1.90 bits per heavy atom. The Balaban J connectivity index is 1.86. The second-order valence-corrected chi connectivity index (χ2v) is 8.48. The predicted molar refractivity (Wildman–Crippen MR) is 119 cm³/mol. The van der Waals surface area contributed by atoms with Gasteiger partial charge >= 0.3 is 5.97 Å². The summed E-state index contributed by atoms with van der Waals surface area (Å²) in [5.74, 6) is -3.47. The number of rotatable bonds is 9. The van der Waals surface area contributed by atoms with E-state index >= 15 is 0 Å². The molecule has 0 saturated heterocycles. The van der Waals surface area contributed by atoms with E-state index in [9.17, 15) is 24.8 Å². The molecule has 0 aliphatic carbocycles. The van der Waals surface area contributed by atoms with Gasteiger partial charge in [-0.1, -0.05) is 36.0 Å². The third kappa shape index (κ3) is 5.13. The molecule has 1 unspecified atom stereocenters. The summed E-state index contributed by atoms with van der Waals surface area (Å²) in [6, 6.07) is 13.2. The molecule has 3 aromatic rings. The van der Waals surface area contributed by atoms with Crippen molar-refractivity contribution in [2.24, 2.45) is 11.7 Å². The van der Waals surface area contributed by atoms with Gasteiger partial charge in [-0.15, -0.1) is 0 Å². The molecule has 31 heavy (non-hydrogen) atoms. The lowest BCUT2D eigenvalue weighted by Crippen LogP contribution is -2.25. The summed E-state index contributed by atoms with van der Waals surface area (Å²) in [4.78, 5) is 39.0. The number of carbonyl (C=O) groups excluding carboxylic acids is 2. The Morgan fingerprint density at radius 3 is 2.55 bits per heavy atom. The number of fused-ring (bicyclic) bond motifs is 1. The van der Waals surface area contributed by atoms with Gasteiger partial charge in [-0.3, -0.25) is 19.0 Å². The molecule has 1 atom stereocenters. The molecule has 0 aliphatic heterocycles. The third-order valence-corrected chi connectivity index (χ3v) is 6.15. The first-order valence-electron chi connectivity index (χ1n) is 9.13. The summed E-state index contributed by atoms with van der Waals surface area (Å²) in [6.45, 7) is 0. The van der Waals surface area contributed by atoms with E-state index in [2.05, 4.69) is 27.0 Å². The smallest absolute Gasteiger partial charge is 0.307 e. The highest BCUT2D eigenvalue weighted by Gasteiger charge is 2.24. The number of hydrogen-bond acceptors (Lipinski definition) is 6. The molecule has 158 valence electrons. The molecule has 3 rings (SSSR count). The van der Waals surface area contributed by atoms with Crippen molar-refractivity contribution < 1.29 is 19.5 Å². The van der Waals surface area contributed by atoms with Gasteiger partial charge in [-0.25, -0.2) is 4.98 Å². The minimum Gasteiger partial charge on any atom is -0.481 e. The fraction of sp³-hybridized carbons (Fsp3) is 0.190. The summed E-state index contributed by atoms with van der Waals surface area (Å²) < 4.78 is 2.48. The first-order valence-corrected chi connectivity index (χ1v) is 10.9. The number of hydrogen-bond donors (Lipinski definition) is 2. The summed E-state index contributed by atoms with van der Waals surface area (Å²) in [5.41, 5.74) is 6.40. The van der Waals surface area contributed by atoms with Crippen molar-refractivity contribution in [3.05, 3.63) is 52.8 Å². The van der Waals surface area contributed by atoms with Crippen LogP contribution in [0.25, 0.3) is 16.5 Å². The largest absolute Gasteiger partial charge is 0.481 e. The Kier molecular flexibility index (Phi) is 7.09. The molecular formula is C21H17BrN4O4S. The van der Waals surface area contributed by atoms with Crippen molar-refractivity contribution in [3.8, 4) is 11.8 Å². The van der Waals surface area contributed by atoms with Crippen LogP contribution in [0.2, 0.25) is 0 Å². The maximum absolute atomic E-state index is 12.3. The Hall–Kier alpha value is -3.16. The van der Waals surface area contributed by atoms with Gasteiger partial charge < -0.3 is 10.8 Å². The van der Waals surface area contributed by atoms with Crippen LogP contribution in [0.5, 0.6) is 0 Å². The van der Waals surface area contributed by atoms with Crippen molar-refractivity contribution in [2.45, 2.75) is 18.0 Å². The van der Waals surface area contributed by atoms with Crippen LogP contribution < -0.4 is 5.73 Å². The van der Waals surface area contributed by atoms with Gasteiger partial charge in [0.25, 0.3) is 0 Å². The van der Waals surface area contributed by atoms with Crippen LogP contribution in [0.3, 0.4) is 0 Å². The van der Waals surface area contributed by atoms with Crippen molar-refractivity contribution in [1.82, 2.24) is 9.55 Å². The standard InChI is InChI=1S/C21H17BrN4O4S/c22-18-10-25-21(31-11-14(27)7-13(20(29)30)8-19(24)28)26(18)17-6-5-12(9-23)15-3-1-2-4-16(15)17/h1-6,10,13H,7-8,11H2,(H2,24,28)(H,29,30). The minimum absolute atomic E-state index is 0.0137. The number of halogens is 1. The van der Waals surface area contributed by atoms with Crippen molar-refractivity contribution in [1.29, 1.82) is 5.26 Å². The summed E-state index contributed by atoms with van der Waals surface area (Å²) >= 11 is 4.64. The highest BCUT2D eigenvalue weighted by Crippen LogP contribution is 2.32. The van der Waals surface area contributed by atoms with Crippen LogP contribution in [0.15, 0.2) is 52.4 Å². The summed E-state index contributed by atoms with van der Waals surface area (Å²) in [7, 11) is 0. The van der Waals surface area contributed by atoms with E-state index in [1.54, 1.807) is 12.3 Å². The topological polar surface area (TPSA) is 139 Å². The molecule has 0 aliphatic rings. The number of amides is 1. The number of aliphatic carboxylic acids is 1. The molecule has 1 aromatic heterocycles. The Bertz CT molecular complexity index is 1220. The molecule has 0 saturated carbocycles. The number of ketones is 1. The molecule has 10 heteroatoms. The second-order valence-electron chi connectivity index (χ2n) is 6.73. The molecular weight excluding hydrogens is 484 g/mol. The van der Waals surface area contributed by atoms with Crippen LogP contribution in [0.4, 0.5) is 0 Å². The highest BCUT2D eigenvalue weighted by atomic mass is 79.9. The van der Waals surface area contributed by atoms with Crippen LogP contribution in [0, 0.1) is 17.2 Å². The molecule has 1 heterocycles. The van der Waals surface area contributed by atoms with E-state index in [-0.39, 0.29) is 24.4 Å². The summed E-state index contributed by atoms with van der Waals surface area (Å²) in [5, 5.41) is 20.7. The zero-order valence-electron chi connectivity index (χ0n) is 16.1. The predicted octanol–water partition coefficient (Wildman–Crippen LogP) is 3.29. The first-order chi connectivity index (χ1) is 14.8. The van der Waals surface area contributed by atoms with E-state index < -0.39 is 17.8 Å². The van der Waals surface area contributed by atoms with Gasteiger partial charge in [-0.2, -0.15) is 5.26 Å². The number of nitrogens with two attached hydrogens (primary N) is 1. The zero-order chi connectivity index (χ0) is 22.5. The monoisotopic (exact) mass is 500 g/mol. The molecule has 0 radical (unpaired) electrons. The average Bonchev–Trinajstić information content (AvgIpc) is 3.10. The zero-order valence-corrected chi connectivity index (χ0v) is 18.5. The number of carboxylic acid groups (broad SMARTS) is 1. The van der Waals surface area contributed by atoms with E-state index in [0.717, 1.165) is 28.2 Å².